The van der Waals surface area contributed by atoms with Crippen molar-refractivity contribution in [2.45, 2.75) is 13.5 Å². The molecule has 122 valence electrons. The minimum atomic E-state index is -0.476. The topological polar surface area (TPSA) is 80.2 Å². The molecule has 2 amide bonds. The fourth-order valence-corrected chi connectivity index (χ4v) is 3.46. The molecule has 0 bridgehead atoms. The number of carbonyl (C=O) groups excluding carboxylic acids is 2. The Bertz CT molecular complexity index is 974. The summed E-state index contributed by atoms with van der Waals surface area (Å²) in [7, 11) is 0. The summed E-state index contributed by atoms with van der Waals surface area (Å²) < 4.78 is 2.27. The van der Waals surface area contributed by atoms with Crippen molar-refractivity contribution < 1.29 is 9.59 Å². The lowest BCUT2D eigenvalue weighted by Crippen LogP contribution is -2.44. The number of benzene rings is 1. The molecule has 0 spiro atoms. The molecule has 0 aliphatic heterocycles. The van der Waals surface area contributed by atoms with E-state index in [4.69, 9.17) is 0 Å². The number of aromatic nitrogens is 1. The molecule has 0 saturated heterocycles. The lowest BCUT2D eigenvalue weighted by molar-refractivity contribution is -0.122. The van der Waals surface area contributed by atoms with Crippen molar-refractivity contribution in [1.29, 1.82) is 0 Å². The standard InChI is InChI=1S/C17H15N3O3S/c1-11-12-6-2-3-7-13(12)24-16(11)17(23)19-18-14(21)10-20-9-5-4-8-15(20)22/h2-9H,10H2,1H3,(H,18,21)(H,19,23). The van der Waals surface area contributed by atoms with Crippen molar-refractivity contribution in [3.63, 3.8) is 0 Å². The Kier molecular flexibility index (Phi) is 4.43. The highest BCUT2D eigenvalue weighted by molar-refractivity contribution is 7.21. The fourth-order valence-electron chi connectivity index (χ4n) is 2.36. The molecular formula is C17H15N3O3S. The number of hydrogen-bond donors (Lipinski definition) is 2. The van der Waals surface area contributed by atoms with Crippen LogP contribution >= 0.6 is 11.3 Å². The molecule has 24 heavy (non-hydrogen) atoms. The van der Waals surface area contributed by atoms with Crippen LogP contribution in [0.3, 0.4) is 0 Å². The van der Waals surface area contributed by atoms with Crippen LogP contribution in [0, 0.1) is 6.92 Å². The minimum absolute atomic E-state index is 0.161. The summed E-state index contributed by atoms with van der Waals surface area (Å²) >= 11 is 1.37. The first-order valence-corrected chi connectivity index (χ1v) is 8.10. The average Bonchev–Trinajstić information content (AvgIpc) is 2.92. The van der Waals surface area contributed by atoms with E-state index >= 15 is 0 Å². The van der Waals surface area contributed by atoms with Gasteiger partial charge in [-0.15, -0.1) is 11.3 Å². The van der Waals surface area contributed by atoms with Crippen LogP contribution in [-0.2, 0) is 11.3 Å². The van der Waals surface area contributed by atoms with Crippen LogP contribution < -0.4 is 16.4 Å². The van der Waals surface area contributed by atoms with Crippen LogP contribution in [0.2, 0.25) is 0 Å². The van der Waals surface area contributed by atoms with Gasteiger partial charge in [-0.2, -0.15) is 0 Å². The molecule has 7 heteroatoms. The number of pyridine rings is 1. The molecule has 0 radical (unpaired) electrons. The predicted molar refractivity (Wildman–Crippen MR) is 92.9 cm³/mol. The molecule has 0 fully saturated rings. The van der Waals surface area contributed by atoms with Gasteiger partial charge in [0.15, 0.2) is 0 Å². The van der Waals surface area contributed by atoms with Crippen LogP contribution in [0.5, 0.6) is 0 Å². The van der Waals surface area contributed by atoms with Gasteiger partial charge < -0.3 is 4.57 Å². The molecule has 3 rings (SSSR count). The van der Waals surface area contributed by atoms with Crippen LogP contribution in [0.4, 0.5) is 0 Å². The maximum atomic E-state index is 12.3. The second kappa shape index (κ2) is 6.67. The van der Waals surface area contributed by atoms with E-state index in [-0.39, 0.29) is 18.0 Å². The van der Waals surface area contributed by atoms with Gasteiger partial charge >= 0.3 is 0 Å². The Morgan fingerprint density at radius 1 is 1.08 bits per heavy atom. The second-order valence-electron chi connectivity index (χ2n) is 5.22. The van der Waals surface area contributed by atoms with Crippen molar-refractivity contribution in [2.24, 2.45) is 0 Å². The van der Waals surface area contributed by atoms with E-state index in [2.05, 4.69) is 10.9 Å². The third kappa shape index (κ3) is 3.21. The molecule has 2 aromatic heterocycles. The number of carbonyl (C=O) groups is 2. The van der Waals surface area contributed by atoms with Crippen molar-refractivity contribution in [1.82, 2.24) is 15.4 Å². The molecule has 0 aliphatic rings. The molecule has 0 atom stereocenters. The molecule has 2 N–H and O–H groups in total. The molecular weight excluding hydrogens is 326 g/mol. The van der Waals surface area contributed by atoms with Crippen molar-refractivity contribution in [3.8, 4) is 0 Å². The second-order valence-corrected chi connectivity index (χ2v) is 6.27. The van der Waals surface area contributed by atoms with Crippen LogP contribution in [0.25, 0.3) is 10.1 Å². The Morgan fingerprint density at radius 3 is 2.58 bits per heavy atom. The molecule has 2 heterocycles. The lowest BCUT2D eigenvalue weighted by atomic mass is 10.1. The molecule has 1 aromatic carbocycles. The highest BCUT2D eigenvalue weighted by Crippen LogP contribution is 2.30. The Morgan fingerprint density at radius 2 is 1.83 bits per heavy atom. The summed E-state index contributed by atoms with van der Waals surface area (Å²) in [5.74, 6) is -0.849. The number of aryl methyl sites for hydroxylation is 1. The molecule has 6 nitrogen and oxygen atoms in total. The first kappa shape index (κ1) is 15.9. The van der Waals surface area contributed by atoms with Gasteiger partial charge in [0.2, 0.25) is 0 Å². The van der Waals surface area contributed by atoms with Crippen molar-refractivity contribution in [2.75, 3.05) is 0 Å². The summed E-state index contributed by atoms with van der Waals surface area (Å²) in [6.07, 6.45) is 1.51. The van der Waals surface area contributed by atoms with E-state index in [9.17, 15) is 14.4 Å². The normalized spacial score (nSPS) is 10.5. The fraction of sp³-hybridized carbons (Fsp3) is 0.118. The Hall–Kier alpha value is -2.93. The maximum absolute atomic E-state index is 12.3. The average molecular weight is 341 g/mol. The lowest BCUT2D eigenvalue weighted by Gasteiger charge is -2.08. The zero-order valence-corrected chi connectivity index (χ0v) is 13.7. The van der Waals surface area contributed by atoms with Gasteiger partial charge in [-0.05, 0) is 30.0 Å². The highest BCUT2D eigenvalue weighted by atomic mass is 32.1. The van der Waals surface area contributed by atoms with Crippen LogP contribution in [-0.4, -0.2) is 16.4 Å². The number of thiophene rings is 1. The third-order valence-corrected chi connectivity index (χ3v) is 4.85. The monoisotopic (exact) mass is 341 g/mol. The third-order valence-electron chi connectivity index (χ3n) is 3.58. The van der Waals surface area contributed by atoms with Crippen molar-refractivity contribution >= 4 is 33.2 Å². The summed E-state index contributed by atoms with van der Waals surface area (Å²) in [6, 6.07) is 12.4. The van der Waals surface area contributed by atoms with Crippen molar-refractivity contribution in [3.05, 3.63) is 69.5 Å². The van der Waals surface area contributed by atoms with Gasteiger partial charge in [-0.25, -0.2) is 0 Å². The largest absolute Gasteiger partial charge is 0.306 e. The quantitative estimate of drug-likeness (QED) is 0.713. The summed E-state index contributed by atoms with van der Waals surface area (Å²) in [5.41, 5.74) is 5.33. The van der Waals surface area contributed by atoms with Gasteiger partial charge in [0.1, 0.15) is 6.54 Å². The summed E-state index contributed by atoms with van der Waals surface area (Å²) in [5, 5.41) is 1.02. The van der Waals surface area contributed by atoms with Gasteiger partial charge in [0.05, 0.1) is 4.88 Å². The summed E-state index contributed by atoms with van der Waals surface area (Å²) in [6.45, 7) is 1.71. The molecule has 0 unspecified atom stereocenters. The van der Waals surface area contributed by atoms with Crippen LogP contribution in [0.15, 0.2) is 53.5 Å². The minimum Gasteiger partial charge on any atom is -0.306 e. The SMILES string of the molecule is Cc1c(C(=O)NNC(=O)Cn2ccccc2=O)sc2ccccc12. The number of hydrogen-bond acceptors (Lipinski definition) is 4. The summed E-state index contributed by atoms with van der Waals surface area (Å²) in [4.78, 5) is 36.3. The van der Waals surface area contributed by atoms with Gasteiger partial charge in [0, 0.05) is 17.0 Å². The number of hydrazine groups is 1. The number of amides is 2. The van der Waals surface area contributed by atoms with E-state index < -0.39 is 5.91 Å². The first-order valence-electron chi connectivity index (χ1n) is 7.29. The molecule has 0 saturated carbocycles. The molecule has 0 aliphatic carbocycles. The number of fused-ring (bicyclic) bond motifs is 1. The Balaban J connectivity index is 1.66. The number of rotatable bonds is 3. The van der Waals surface area contributed by atoms with Crippen LogP contribution in [0.1, 0.15) is 15.2 Å². The predicted octanol–water partition coefficient (Wildman–Crippen LogP) is 1.83. The van der Waals surface area contributed by atoms with E-state index in [1.165, 1.54) is 28.2 Å². The van der Waals surface area contributed by atoms with E-state index in [0.29, 0.717) is 4.88 Å². The number of nitrogens with zero attached hydrogens (tertiary/aromatic N) is 1. The van der Waals surface area contributed by atoms with E-state index in [1.807, 2.05) is 31.2 Å². The van der Waals surface area contributed by atoms with Gasteiger partial charge in [-0.3, -0.25) is 25.2 Å². The smallest absolute Gasteiger partial charge is 0.280 e. The molecule has 3 aromatic rings. The van der Waals surface area contributed by atoms with Gasteiger partial charge in [-0.1, -0.05) is 24.3 Å². The zero-order valence-electron chi connectivity index (χ0n) is 12.9. The first-order chi connectivity index (χ1) is 11.6. The highest BCUT2D eigenvalue weighted by Gasteiger charge is 2.15. The van der Waals surface area contributed by atoms with Gasteiger partial charge in [0.25, 0.3) is 17.4 Å². The van der Waals surface area contributed by atoms with E-state index in [1.54, 1.807) is 12.1 Å². The number of nitrogens with one attached hydrogen (secondary N) is 2. The Labute approximate surface area is 141 Å². The van der Waals surface area contributed by atoms with E-state index in [0.717, 1.165) is 15.6 Å². The maximum Gasteiger partial charge on any atom is 0.280 e. The zero-order chi connectivity index (χ0) is 17.1.